The lowest BCUT2D eigenvalue weighted by Crippen LogP contribution is -2.04. The standard InChI is InChI=1S/C14H11Cl2NO3/c15-11-5-10(6-12(16)8-11)14(18)7-9-3-1-2-4-13(9)17(19)20/h1-6,8,14,18H,7H2. The van der Waals surface area contributed by atoms with Gasteiger partial charge in [0, 0.05) is 28.1 Å². The lowest BCUT2D eigenvalue weighted by molar-refractivity contribution is -0.385. The van der Waals surface area contributed by atoms with Crippen molar-refractivity contribution in [3.8, 4) is 0 Å². The van der Waals surface area contributed by atoms with Crippen molar-refractivity contribution < 1.29 is 10.0 Å². The predicted molar refractivity (Wildman–Crippen MR) is 78.2 cm³/mol. The summed E-state index contributed by atoms with van der Waals surface area (Å²) in [6.45, 7) is 0. The zero-order valence-electron chi connectivity index (χ0n) is 10.3. The monoisotopic (exact) mass is 311 g/mol. The molecule has 20 heavy (non-hydrogen) atoms. The van der Waals surface area contributed by atoms with E-state index >= 15 is 0 Å². The highest BCUT2D eigenvalue weighted by Gasteiger charge is 2.17. The summed E-state index contributed by atoms with van der Waals surface area (Å²) in [6.07, 6.45) is -0.791. The number of rotatable bonds is 4. The first-order valence-electron chi connectivity index (χ1n) is 5.83. The van der Waals surface area contributed by atoms with E-state index in [4.69, 9.17) is 23.2 Å². The third kappa shape index (κ3) is 3.48. The van der Waals surface area contributed by atoms with E-state index in [-0.39, 0.29) is 12.1 Å². The predicted octanol–water partition coefficient (Wildman–Crippen LogP) is 4.18. The van der Waals surface area contributed by atoms with Crippen LogP contribution >= 0.6 is 23.2 Å². The molecule has 0 heterocycles. The van der Waals surface area contributed by atoms with Crippen LogP contribution in [0.2, 0.25) is 10.0 Å². The van der Waals surface area contributed by atoms with Gasteiger partial charge in [0.1, 0.15) is 0 Å². The summed E-state index contributed by atoms with van der Waals surface area (Å²) in [5.74, 6) is 0. The molecule has 0 radical (unpaired) electrons. The van der Waals surface area contributed by atoms with Crippen molar-refractivity contribution in [2.45, 2.75) is 12.5 Å². The second-order valence-electron chi connectivity index (χ2n) is 4.31. The van der Waals surface area contributed by atoms with E-state index in [1.807, 2.05) is 0 Å². The zero-order chi connectivity index (χ0) is 14.7. The van der Waals surface area contributed by atoms with E-state index in [0.29, 0.717) is 21.2 Å². The van der Waals surface area contributed by atoms with Gasteiger partial charge in [-0.05, 0) is 23.8 Å². The minimum absolute atomic E-state index is 0.0142. The van der Waals surface area contributed by atoms with Gasteiger partial charge in [-0.2, -0.15) is 0 Å². The molecule has 6 heteroatoms. The van der Waals surface area contributed by atoms with Gasteiger partial charge in [-0.1, -0.05) is 41.4 Å². The Morgan fingerprint density at radius 2 is 1.75 bits per heavy atom. The molecule has 0 aliphatic heterocycles. The molecule has 1 unspecified atom stereocenters. The third-order valence-electron chi connectivity index (χ3n) is 2.87. The molecule has 1 atom stereocenters. The Balaban J connectivity index is 2.28. The summed E-state index contributed by atoms with van der Waals surface area (Å²) in [7, 11) is 0. The van der Waals surface area contributed by atoms with Gasteiger partial charge in [-0.3, -0.25) is 10.1 Å². The summed E-state index contributed by atoms with van der Waals surface area (Å²) in [5, 5.41) is 21.9. The molecule has 4 nitrogen and oxygen atoms in total. The molecule has 0 aromatic heterocycles. The Labute approximate surface area is 125 Å². The second-order valence-corrected chi connectivity index (χ2v) is 5.18. The zero-order valence-corrected chi connectivity index (χ0v) is 11.8. The molecule has 2 aromatic carbocycles. The quantitative estimate of drug-likeness (QED) is 0.680. The van der Waals surface area contributed by atoms with E-state index in [1.165, 1.54) is 6.07 Å². The van der Waals surface area contributed by atoms with Crippen LogP contribution in [0.4, 0.5) is 5.69 Å². The van der Waals surface area contributed by atoms with Crippen LogP contribution in [0.25, 0.3) is 0 Å². The third-order valence-corrected chi connectivity index (χ3v) is 3.31. The van der Waals surface area contributed by atoms with Gasteiger partial charge in [-0.25, -0.2) is 0 Å². The van der Waals surface area contributed by atoms with Crippen molar-refractivity contribution in [1.82, 2.24) is 0 Å². The van der Waals surface area contributed by atoms with Gasteiger partial charge in [0.15, 0.2) is 0 Å². The van der Waals surface area contributed by atoms with Gasteiger partial charge < -0.3 is 5.11 Å². The first-order valence-corrected chi connectivity index (χ1v) is 6.59. The van der Waals surface area contributed by atoms with Gasteiger partial charge in [-0.15, -0.1) is 0 Å². The number of para-hydroxylation sites is 1. The molecule has 0 aliphatic rings. The van der Waals surface area contributed by atoms with Crippen LogP contribution in [0, 0.1) is 10.1 Å². The highest BCUT2D eigenvalue weighted by atomic mass is 35.5. The normalized spacial score (nSPS) is 12.2. The first kappa shape index (κ1) is 14.8. The van der Waals surface area contributed by atoms with Gasteiger partial charge in [0.2, 0.25) is 0 Å². The second kappa shape index (κ2) is 6.22. The summed E-state index contributed by atoms with van der Waals surface area (Å²) < 4.78 is 0. The fourth-order valence-corrected chi connectivity index (χ4v) is 2.50. The fourth-order valence-electron chi connectivity index (χ4n) is 1.96. The van der Waals surface area contributed by atoms with E-state index in [1.54, 1.807) is 36.4 Å². The number of hydrogen-bond acceptors (Lipinski definition) is 3. The Bertz CT molecular complexity index is 626. The number of hydrogen-bond donors (Lipinski definition) is 1. The van der Waals surface area contributed by atoms with E-state index < -0.39 is 11.0 Å². The lowest BCUT2D eigenvalue weighted by atomic mass is 10.0. The van der Waals surface area contributed by atoms with Crippen molar-refractivity contribution >= 4 is 28.9 Å². The molecular formula is C14H11Cl2NO3. The molecule has 0 spiro atoms. The summed E-state index contributed by atoms with van der Waals surface area (Å²) in [5.41, 5.74) is 0.974. The van der Waals surface area contributed by atoms with Crippen molar-refractivity contribution in [2.24, 2.45) is 0 Å². The van der Waals surface area contributed by atoms with Crippen LogP contribution in [-0.2, 0) is 6.42 Å². The topological polar surface area (TPSA) is 63.4 Å². The molecule has 2 rings (SSSR count). The number of nitrogens with zero attached hydrogens (tertiary/aromatic N) is 1. The summed E-state index contributed by atoms with van der Waals surface area (Å²) in [4.78, 5) is 10.5. The highest BCUT2D eigenvalue weighted by Crippen LogP contribution is 2.28. The SMILES string of the molecule is O=[N+]([O-])c1ccccc1CC(O)c1cc(Cl)cc(Cl)c1. The van der Waals surface area contributed by atoms with Gasteiger partial charge in [0.25, 0.3) is 5.69 Å². The maximum Gasteiger partial charge on any atom is 0.272 e. The average Bonchev–Trinajstić information content (AvgIpc) is 2.37. The minimum Gasteiger partial charge on any atom is -0.388 e. The van der Waals surface area contributed by atoms with Crippen LogP contribution in [-0.4, -0.2) is 10.0 Å². The van der Waals surface area contributed by atoms with E-state index in [2.05, 4.69) is 0 Å². The smallest absolute Gasteiger partial charge is 0.272 e. The van der Waals surface area contributed by atoms with Crippen molar-refractivity contribution in [3.63, 3.8) is 0 Å². The van der Waals surface area contributed by atoms with Crippen LogP contribution in [0.3, 0.4) is 0 Å². The van der Waals surface area contributed by atoms with Crippen molar-refractivity contribution in [2.75, 3.05) is 0 Å². The van der Waals surface area contributed by atoms with E-state index in [9.17, 15) is 15.2 Å². The van der Waals surface area contributed by atoms with Gasteiger partial charge >= 0.3 is 0 Å². The molecule has 0 fully saturated rings. The summed E-state index contributed by atoms with van der Waals surface area (Å²) >= 11 is 11.8. The Hall–Kier alpha value is -1.62. The molecule has 0 aliphatic carbocycles. The molecule has 0 bridgehead atoms. The highest BCUT2D eigenvalue weighted by molar-refractivity contribution is 6.34. The molecule has 2 aromatic rings. The Kier molecular flexibility index (Phi) is 4.60. The van der Waals surface area contributed by atoms with Crippen LogP contribution < -0.4 is 0 Å². The largest absolute Gasteiger partial charge is 0.388 e. The molecule has 0 saturated carbocycles. The lowest BCUT2D eigenvalue weighted by Gasteiger charge is -2.12. The number of nitro groups is 1. The average molecular weight is 312 g/mol. The van der Waals surface area contributed by atoms with Gasteiger partial charge in [0.05, 0.1) is 11.0 Å². The fraction of sp³-hybridized carbons (Fsp3) is 0.143. The Morgan fingerprint density at radius 3 is 2.35 bits per heavy atom. The van der Waals surface area contributed by atoms with E-state index in [0.717, 1.165) is 0 Å². The first-order chi connectivity index (χ1) is 9.47. The van der Waals surface area contributed by atoms with Crippen LogP contribution in [0.15, 0.2) is 42.5 Å². The molecular weight excluding hydrogens is 301 g/mol. The van der Waals surface area contributed by atoms with Crippen LogP contribution in [0.5, 0.6) is 0 Å². The van der Waals surface area contributed by atoms with Crippen LogP contribution in [0.1, 0.15) is 17.2 Å². The number of aliphatic hydroxyl groups excluding tert-OH is 1. The molecule has 1 N–H and O–H groups in total. The summed E-state index contributed by atoms with van der Waals surface area (Å²) in [6, 6.07) is 11.1. The number of benzene rings is 2. The van der Waals surface area contributed by atoms with Crippen molar-refractivity contribution in [1.29, 1.82) is 0 Å². The Morgan fingerprint density at radius 1 is 1.15 bits per heavy atom. The maximum absolute atomic E-state index is 10.9. The minimum atomic E-state index is -0.910. The maximum atomic E-state index is 10.9. The molecule has 104 valence electrons. The number of halogens is 2. The van der Waals surface area contributed by atoms with Crippen molar-refractivity contribution in [3.05, 3.63) is 73.8 Å². The molecule has 0 saturated heterocycles. The number of nitro benzene ring substituents is 1. The molecule has 0 amide bonds. The number of aliphatic hydroxyl groups is 1.